The minimum Gasteiger partial charge on any atom is -0.394 e. The van der Waals surface area contributed by atoms with Crippen molar-refractivity contribution in [3.63, 3.8) is 0 Å². The van der Waals surface area contributed by atoms with Gasteiger partial charge in [0.1, 0.15) is 35.8 Å². The van der Waals surface area contributed by atoms with E-state index in [9.17, 15) is 23.4 Å². The van der Waals surface area contributed by atoms with Crippen LogP contribution >= 0.6 is 11.6 Å². The molecule has 0 aliphatic carbocycles. The standard InChI is InChI=1S/C13H16ClN5O7S/c1-4(21)15-13-17-10(14)6-11(19-13)18-12(16-6)9-7(22)8(5(3-20)25-9)26-27(2,23)24/h5,7-9,20,22H,3H2,1-2H3,(H2,15,16,17,18,19,21)/t5-,7-,8+,9-/m1/s1. The number of aromatic nitrogens is 4. The summed E-state index contributed by atoms with van der Waals surface area (Å²) in [6, 6.07) is 0. The third kappa shape index (κ3) is 4.17. The lowest BCUT2D eigenvalue weighted by Crippen LogP contribution is -2.37. The maximum Gasteiger partial charge on any atom is 0.264 e. The van der Waals surface area contributed by atoms with Crippen molar-refractivity contribution in [1.29, 1.82) is 0 Å². The van der Waals surface area contributed by atoms with E-state index in [0.29, 0.717) is 0 Å². The number of ether oxygens (including phenoxy) is 1. The number of H-pyrrole nitrogens is 1. The van der Waals surface area contributed by atoms with Crippen LogP contribution in [0.5, 0.6) is 0 Å². The lowest BCUT2D eigenvalue weighted by atomic mass is 10.1. The number of nitrogens with zero attached hydrogens (tertiary/aromatic N) is 3. The number of carbonyl (C=O) groups is 1. The van der Waals surface area contributed by atoms with E-state index in [2.05, 4.69) is 25.3 Å². The maximum absolute atomic E-state index is 11.4. The van der Waals surface area contributed by atoms with Crippen molar-refractivity contribution in [1.82, 2.24) is 19.9 Å². The predicted octanol–water partition coefficient (Wildman–Crippen LogP) is -0.897. The highest BCUT2D eigenvalue weighted by Crippen LogP contribution is 2.35. The Hall–Kier alpha value is -1.90. The number of nitrogens with one attached hydrogen (secondary N) is 2. The van der Waals surface area contributed by atoms with Crippen LogP contribution in [0.3, 0.4) is 0 Å². The van der Waals surface area contributed by atoms with Crippen LogP contribution in [-0.4, -0.2) is 75.6 Å². The summed E-state index contributed by atoms with van der Waals surface area (Å²) in [4.78, 5) is 26.0. The van der Waals surface area contributed by atoms with Crippen LogP contribution in [0.25, 0.3) is 11.2 Å². The predicted molar refractivity (Wildman–Crippen MR) is 91.4 cm³/mol. The molecule has 2 aromatic heterocycles. The van der Waals surface area contributed by atoms with Crippen LogP contribution in [-0.2, 0) is 23.8 Å². The van der Waals surface area contributed by atoms with Crippen molar-refractivity contribution < 1.29 is 32.3 Å². The van der Waals surface area contributed by atoms with Crippen molar-refractivity contribution in [3.8, 4) is 0 Å². The second-order valence-electron chi connectivity index (χ2n) is 5.87. The van der Waals surface area contributed by atoms with E-state index in [1.807, 2.05) is 0 Å². The Balaban J connectivity index is 1.95. The van der Waals surface area contributed by atoms with E-state index in [4.69, 9.17) is 20.5 Å². The molecule has 1 fully saturated rings. The van der Waals surface area contributed by atoms with Gasteiger partial charge < -0.3 is 19.9 Å². The minimum atomic E-state index is -3.90. The zero-order valence-corrected chi connectivity index (χ0v) is 15.7. The van der Waals surface area contributed by atoms with Gasteiger partial charge in [0.25, 0.3) is 10.1 Å². The van der Waals surface area contributed by atoms with Crippen molar-refractivity contribution in [2.45, 2.75) is 31.3 Å². The molecule has 0 spiro atoms. The lowest BCUT2D eigenvalue weighted by molar-refractivity contribution is -0.114. The third-order valence-corrected chi connectivity index (χ3v) is 4.53. The fraction of sp³-hybridized carbons (Fsp3) is 0.538. The fourth-order valence-electron chi connectivity index (χ4n) is 2.66. The Labute approximate surface area is 158 Å². The van der Waals surface area contributed by atoms with Gasteiger partial charge in [-0.05, 0) is 0 Å². The molecule has 0 saturated carbocycles. The zero-order valence-electron chi connectivity index (χ0n) is 14.1. The molecular weight excluding hydrogens is 406 g/mol. The van der Waals surface area contributed by atoms with Gasteiger partial charge in [-0.2, -0.15) is 18.4 Å². The fourth-order valence-corrected chi connectivity index (χ4v) is 3.51. The number of aromatic amines is 1. The summed E-state index contributed by atoms with van der Waals surface area (Å²) in [6.07, 6.45) is -4.17. The van der Waals surface area contributed by atoms with E-state index in [-0.39, 0.29) is 28.1 Å². The van der Waals surface area contributed by atoms with E-state index in [1.54, 1.807) is 0 Å². The van der Waals surface area contributed by atoms with Crippen LogP contribution in [0.1, 0.15) is 18.9 Å². The van der Waals surface area contributed by atoms with Gasteiger partial charge in [0.2, 0.25) is 11.9 Å². The number of hydrogen-bond donors (Lipinski definition) is 4. The Kier molecular flexibility index (Phi) is 5.33. The van der Waals surface area contributed by atoms with Crippen LogP contribution in [0.15, 0.2) is 0 Å². The Bertz CT molecular complexity index is 981. The Morgan fingerprint density at radius 3 is 2.70 bits per heavy atom. The number of aliphatic hydroxyl groups excluding tert-OH is 2. The number of anilines is 1. The molecular formula is C13H16ClN5O7S. The van der Waals surface area contributed by atoms with Crippen molar-refractivity contribution in [3.05, 3.63) is 11.0 Å². The van der Waals surface area contributed by atoms with E-state index < -0.39 is 47.0 Å². The van der Waals surface area contributed by atoms with Gasteiger partial charge in [0.15, 0.2) is 10.8 Å². The summed E-state index contributed by atoms with van der Waals surface area (Å²) in [7, 11) is -3.90. The molecule has 1 saturated heterocycles. The first-order chi connectivity index (χ1) is 12.6. The van der Waals surface area contributed by atoms with Gasteiger partial charge in [0.05, 0.1) is 12.9 Å². The number of carbonyl (C=O) groups excluding carboxylic acids is 1. The molecule has 148 valence electrons. The van der Waals surface area contributed by atoms with Gasteiger partial charge in [-0.1, -0.05) is 11.6 Å². The van der Waals surface area contributed by atoms with Gasteiger partial charge in [-0.15, -0.1) is 0 Å². The summed E-state index contributed by atoms with van der Waals surface area (Å²) < 4.78 is 33.1. The second-order valence-corrected chi connectivity index (χ2v) is 7.83. The molecule has 14 heteroatoms. The van der Waals surface area contributed by atoms with Gasteiger partial charge in [-0.25, -0.2) is 4.98 Å². The highest BCUT2D eigenvalue weighted by Gasteiger charge is 2.48. The smallest absolute Gasteiger partial charge is 0.264 e. The SMILES string of the molecule is CC(=O)Nc1nc(Cl)c2[nH]c([C@@H]3O[C@H](CO)[C@H](OS(C)(=O)=O)[C@H]3O)nc2n1. The number of aliphatic hydroxyl groups is 2. The summed E-state index contributed by atoms with van der Waals surface area (Å²) in [5.74, 6) is -0.383. The van der Waals surface area contributed by atoms with Gasteiger partial charge in [0, 0.05) is 6.92 Å². The molecule has 0 aromatic carbocycles. The van der Waals surface area contributed by atoms with Crippen LogP contribution in [0, 0.1) is 0 Å². The van der Waals surface area contributed by atoms with Crippen molar-refractivity contribution >= 4 is 44.7 Å². The van der Waals surface area contributed by atoms with E-state index in [0.717, 1.165) is 6.26 Å². The maximum atomic E-state index is 11.4. The molecule has 0 bridgehead atoms. The number of halogens is 1. The summed E-state index contributed by atoms with van der Waals surface area (Å²) in [6.45, 7) is 0.693. The first-order valence-electron chi connectivity index (χ1n) is 7.62. The first-order valence-corrected chi connectivity index (χ1v) is 9.82. The average Bonchev–Trinajstić information content (AvgIpc) is 3.08. The highest BCUT2D eigenvalue weighted by atomic mass is 35.5. The molecule has 1 aliphatic rings. The molecule has 2 aromatic rings. The van der Waals surface area contributed by atoms with Crippen LogP contribution < -0.4 is 5.32 Å². The van der Waals surface area contributed by atoms with E-state index >= 15 is 0 Å². The van der Waals surface area contributed by atoms with Crippen LogP contribution in [0.4, 0.5) is 5.95 Å². The number of fused-ring (bicyclic) bond motifs is 1. The summed E-state index contributed by atoms with van der Waals surface area (Å²) in [5.41, 5.74) is 0.321. The van der Waals surface area contributed by atoms with Crippen molar-refractivity contribution in [2.24, 2.45) is 0 Å². The van der Waals surface area contributed by atoms with Crippen LogP contribution in [0.2, 0.25) is 5.15 Å². The summed E-state index contributed by atoms with van der Waals surface area (Å²) in [5, 5.41) is 22.2. The van der Waals surface area contributed by atoms with Gasteiger partial charge in [-0.3, -0.25) is 14.3 Å². The molecule has 3 heterocycles. The molecule has 12 nitrogen and oxygen atoms in total. The number of hydrogen-bond acceptors (Lipinski definition) is 10. The zero-order chi connectivity index (χ0) is 19.9. The number of rotatable bonds is 5. The molecule has 1 amide bonds. The average molecular weight is 422 g/mol. The highest BCUT2D eigenvalue weighted by molar-refractivity contribution is 7.86. The normalized spacial score (nSPS) is 25.8. The lowest BCUT2D eigenvalue weighted by Gasteiger charge is -2.17. The molecule has 4 N–H and O–H groups in total. The first kappa shape index (κ1) is 19.9. The molecule has 27 heavy (non-hydrogen) atoms. The minimum absolute atomic E-state index is 0.0300. The third-order valence-electron chi connectivity index (χ3n) is 3.68. The largest absolute Gasteiger partial charge is 0.394 e. The molecule has 3 rings (SSSR count). The van der Waals surface area contributed by atoms with Gasteiger partial charge >= 0.3 is 0 Å². The Morgan fingerprint density at radius 1 is 1.41 bits per heavy atom. The summed E-state index contributed by atoms with van der Waals surface area (Å²) >= 11 is 6.05. The quantitative estimate of drug-likeness (QED) is 0.349. The van der Waals surface area contributed by atoms with Crippen molar-refractivity contribution in [2.75, 3.05) is 18.2 Å². The molecule has 0 radical (unpaired) electrons. The second kappa shape index (κ2) is 7.26. The Morgan fingerprint density at radius 2 is 2.11 bits per heavy atom. The molecule has 0 unspecified atom stereocenters. The number of imidazole rings is 1. The van der Waals surface area contributed by atoms with E-state index in [1.165, 1.54) is 6.92 Å². The molecule has 1 aliphatic heterocycles. The number of amides is 1. The monoisotopic (exact) mass is 421 g/mol. The molecule has 4 atom stereocenters. The topological polar surface area (TPSA) is 177 Å².